The standard InChI is InChI=1S/C13H9ClN2O2S2/c14-9-5-6-10(15-7-9)8-20(17,18)13-16-11-3-1-2-4-12(11)19-13/h1-7H,8H2. The number of hydrogen-bond donors (Lipinski definition) is 0. The van der Waals surface area contributed by atoms with Crippen molar-refractivity contribution >= 4 is 43.0 Å². The number of para-hydroxylation sites is 1. The molecule has 0 aliphatic carbocycles. The third kappa shape index (κ3) is 2.67. The summed E-state index contributed by atoms with van der Waals surface area (Å²) in [6.07, 6.45) is 1.44. The van der Waals surface area contributed by atoms with E-state index in [1.165, 1.54) is 17.5 Å². The van der Waals surface area contributed by atoms with Gasteiger partial charge in [0.2, 0.25) is 14.2 Å². The quantitative estimate of drug-likeness (QED) is 0.741. The van der Waals surface area contributed by atoms with Crippen LogP contribution in [-0.4, -0.2) is 18.4 Å². The SMILES string of the molecule is O=S(=O)(Cc1ccc(Cl)cn1)c1nc2ccccc2s1. The van der Waals surface area contributed by atoms with Crippen LogP contribution in [-0.2, 0) is 15.6 Å². The topological polar surface area (TPSA) is 59.9 Å². The van der Waals surface area contributed by atoms with Crippen LogP contribution in [0, 0.1) is 0 Å². The molecule has 0 N–H and O–H groups in total. The van der Waals surface area contributed by atoms with Crippen LogP contribution < -0.4 is 0 Å². The molecule has 4 nitrogen and oxygen atoms in total. The molecule has 1 aromatic carbocycles. The lowest BCUT2D eigenvalue weighted by molar-refractivity contribution is 0.594. The molecule has 2 aromatic heterocycles. The number of pyridine rings is 1. The van der Waals surface area contributed by atoms with Crippen molar-refractivity contribution in [2.45, 2.75) is 10.1 Å². The number of thiazole rings is 1. The molecule has 102 valence electrons. The highest BCUT2D eigenvalue weighted by molar-refractivity contribution is 7.92. The van der Waals surface area contributed by atoms with Gasteiger partial charge in [-0.2, -0.15) is 0 Å². The van der Waals surface area contributed by atoms with E-state index in [-0.39, 0.29) is 10.1 Å². The molecule has 0 bridgehead atoms. The molecule has 0 unspecified atom stereocenters. The zero-order chi connectivity index (χ0) is 14.2. The fraction of sp³-hybridized carbons (Fsp3) is 0.0769. The molecular weight excluding hydrogens is 316 g/mol. The minimum Gasteiger partial charge on any atom is -0.259 e. The maximum Gasteiger partial charge on any atom is 0.211 e. The average Bonchev–Trinajstić information content (AvgIpc) is 2.86. The lowest BCUT2D eigenvalue weighted by Gasteiger charge is -2.00. The Morgan fingerprint density at radius 3 is 2.65 bits per heavy atom. The number of nitrogens with zero attached hydrogens (tertiary/aromatic N) is 2. The van der Waals surface area contributed by atoms with E-state index in [2.05, 4.69) is 9.97 Å². The predicted molar refractivity (Wildman–Crippen MR) is 79.8 cm³/mol. The van der Waals surface area contributed by atoms with Crippen molar-refractivity contribution in [2.24, 2.45) is 0 Å². The molecule has 0 atom stereocenters. The Balaban J connectivity index is 1.96. The lowest BCUT2D eigenvalue weighted by atomic mass is 10.3. The van der Waals surface area contributed by atoms with Gasteiger partial charge in [-0.1, -0.05) is 23.7 Å². The zero-order valence-electron chi connectivity index (χ0n) is 10.2. The van der Waals surface area contributed by atoms with E-state index >= 15 is 0 Å². The van der Waals surface area contributed by atoms with Crippen LogP contribution in [0.5, 0.6) is 0 Å². The Bertz CT molecular complexity index is 824. The first-order valence-corrected chi connectivity index (χ1v) is 8.58. The molecule has 3 aromatic rings. The fourth-order valence-corrected chi connectivity index (χ4v) is 4.42. The Kier molecular flexibility index (Phi) is 3.45. The summed E-state index contributed by atoms with van der Waals surface area (Å²) < 4.78 is 25.6. The molecule has 0 aliphatic heterocycles. The van der Waals surface area contributed by atoms with E-state index < -0.39 is 9.84 Å². The molecule has 0 radical (unpaired) electrons. The smallest absolute Gasteiger partial charge is 0.211 e. The van der Waals surface area contributed by atoms with Gasteiger partial charge in [-0.25, -0.2) is 13.4 Å². The Labute approximate surface area is 125 Å². The summed E-state index contributed by atoms with van der Waals surface area (Å²) in [6, 6.07) is 10.6. The molecule has 0 saturated heterocycles. The molecular formula is C13H9ClN2O2S2. The first-order chi connectivity index (χ1) is 9.54. The van der Waals surface area contributed by atoms with Gasteiger partial charge in [0.25, 0.3) is 0 Å². The first-order valence-electron chi connectivity index (χ1n) is 5.73. The van der Waals surface area contributed by atoms with Crippen LogP contribution >= 0.6 is 22.9 Å². The maximum absolute atomic E-state index is 12.3. The number of aromatic nitrogens is 2. The van der Waals surface area contributed by atoms with Crippen molar-refractivity contribution in [2.75, 3.05) is 0 Å². The van der Waals surface area contributed by atoms with Crippen LogP contribution in [0.3, 0.4) is 0 Å². The van der Waals surface area contributed by atoms with Gasteiger partial charge in [0.1, 0.15) is 0 Å². The molecule has 0 fully saturated rings. The highest BCUT2D eigenvalue weighted by atomic mass is 35.5. The minimum absolute atomic E-state index is 0.121. The number of benzene rings is 1. The molecule has 7 heteroatoms. The van der Waals surface area contributed by atoms with Crippen molar-refractivity contribution in [3.8, 4) is 0 Å². The number of fused-ring (bicyclic) bond motifs is 1. The van der Waals surface area contributed by atoms with Gasteiger partial charge in [0, 0.05) is 6.20 Å². The molecule has 0 amide bonds. The van der Waals surface area contributed by atoms with Crippen LogP contribution in [0.15, 0.2) is 46.9 Å². The van der Waals surface area contributed by atoms with Crippen molar-refractivity contribution in [1.82, 2.24) is 9.97 Å². The van der Waals surface area contributed by atoms with Crippen molar-refractivity contribution in [1.29, 1.82) is 0 Å². The highest BCUT2D eigenvalue weighted by Gasteiger charge is 2.20. The van der Waals surface area contributed by atoms with E-state index in [1.54, 1.807) is 18.2 Å². The summed E-state index contributed by atoms with van der Waals surface area (Å²) in [5.41, 5.74) is 1.15. The lowest BCUT2D eigenvalue weighted by Crippen LogP contribution is -2.05. The zero-order valence-corrected chi connectivity index (χ0v) is 12.5. The second-order valence-corrected chi connectivity index (χ2v) is 7.80. The van der Waals surface area contributed by atoms with E-state index in [9.17, 15) is 8.42 Å². The summed E-state index contributed by atoms with van der Waals surface area (Å²) in [7, 11) is -3.49. The van der Waals surface area contributed by atoms with Gasteiger partial charge in [-0.05, 0) is 24.3 Å². The van der Waals surface area contributed by atoms with Gasteiger partial charge < -0.3 is 0 Å². The summed E-state index contributed by atoms with van der Waals surface area (Å²) in [6.45, 7) is 0. The van der Waals surface area contributed by atoms with Gasteiger partial charge in [0.05, 0.1) is 26.7 Å². The normalized spacial score (nSPS) is 11.8. The average molecular weight is 325 g/mol. The van der Waals surface area contributed by atoms with Crippen LogP contribution in [0.4, 0.5) is 0 Å². The van der Waals surface area contributed by atoms with E-state index in [0.29, 0.717) is 16.2 Å². The second-order valence-electron chi connectivity index (χ2n) is 4.17. The summed E-state index contributed by atoms with van der Waals surface area (Å²) in [5.74, 6) is -0.177. The summed E-state index contributed by atoms with van der Waals surface area (Å²) in [5, 5.41) is 0.478. The maximum atomic E-state index is 12.3. The van der Waals surface area contributed by atoms with E-state index in [0.717, 1.165) is 4.70 Å². The predicted octanol–water partition coefficient (Wildman–Crippen LogP) is 3.32. The first kappa shape index (κ1) is 13.5. The second kappa shape index (κ2) is 5.12. The minimum atomic E-state index is -3.49. The van der Waals surface area contributed by atoms with Gasteiger partial charge in [-0.15, -0.1) is 11.3 Å². The number of halogens is 1. The molecule has 3 rings (SSSR count). The van der Waals surface area contributed by atoms with Crippen molar-refractivity contribution in [3.63, 3.8) is 0 Å². The Morgan fingerprint density at radius 1 is 1.15 bits per heavy atom. The van der Waals surface area contributed by atoms with E-state index in [1.807, 2.05) is 18.2 Å². The highest BCUT2D eigenvalue weighted by Crippen LogP contribution is 2.27. The largest absolute Gasteiger partial charge is 0.259 e. The molecule has 0 saturated carbocycles. The fourth-order valence-electron chi connectivity index (χ4n) is 1.73. The molecule has 0 spiro atoms. The summed E-state index contributed by atoms with van der Waals surface area (Å²) in [4.78, 5) is 8.18. The van der Waals surface area contributed by atoms with Crippen molar-refractivity contribution in [3.05, 3.63) is 53.3 Å². The number of rotatable bonds is 3. The molecule has 20 heavy (non-hydrogen) atoms. The third-order valence-corrected chi connectivity index (χ3v) is 6.03. The summed E-state index contributed by atoms with van der Waals surface area (Å²) >= 11 is 6.90. The molecule has 0 aliphatic rings. The van der Waals surface area contributed by atoms with Crippen LogP contribution in [0.1, 0.15) is 5.69 Å². The number of sulfone groups is 1. The third-order valence-electron chi connectivity index (χ3n) is 2.67. The van der Waals surface area contributed by atoms with Crippen molar-refractivity contribution < 1.29 is 8.42 Å². The van der Waals surface area contributed by atoms with Crippen LogP contribution in [0.25, 0.3) is 10.2 Å². The number of hydrogen-bond acceptors (Lipinski definition) is 5. The monoisotopic (exact) mass is 324 g/mol. The van der Waals surface area contributed by atoms with E-state index in [4.69, 9.17) is 11.6 Å². The Hall–Kier alpha value is -1.50. The van der Waals surface area contributed by atoms with Gasteiger partial charge in [-0.3, -0.25) is 4.98 Å². The van der Waals surface area contributed by atoms with Gasteiger partial charge >= 0.3 is 0 Å². The van der Waals surface area contributed by atoms with Crippen LogP contribution in [0.2, 0.25) is 5.02 Å². The molecule has 2 heterocycles. The Morgan fingerprint density at radius 2 is 1.95 bits per heavy atom. The van der Waals surface area contributed by atoms with Gasteiger partial charge in [0.15, 0.2) is 0 Å².